The van der Waals surface area contributed by atoms with Gasteiger partial charge in [0.05, 0.1) is 31.3 Å². The quantitative estimate of drug-likeness (QED) is 0.0393. The Labute approximate surface area is 297 Å². The van der Waals surface area contributed by atoms with Gasteiger partial charge in [-0.2, -0.15) is 0 Å². The van der Waals surface area contributed by atoms with Crippen molar-refractivity contribution in [3.05, 3.63) is 48.6 Å². The molecule has 4 N–H and O–H groups in total. The zero-order valence-corrected chi connectivity index (χ0v) is 31.6. The highest BCUT2D eigenvalue weighted by Gasteiger charge is 2.20. The van der Waals surface area contributed by atoms with Gasteiger partial charge in [0.15, 0.2) is 0 Å². The summed E-state index contributed by atoms with van der Waals surface area (Å²) in [5.74, 6) is -0.337. The van der Waals surface area contributed by atoms with Crippen molar-refractivity contribution in [3.8, 4) is 0 Å². The molecule has 280 valence electrons. The molecule has 3 unspecified atom stereocenters. The summed E-state index contributed by atoms with van der Waals surface area (Å²) >= 11 is 0. The lowest BCUT2D eigenvalue weighted by molar-refractivity contribution is -0.124. The lowest BCUT2D eigenvalue weighted by Gasteiger charge is -2.20. The van der Waals surface area contributed by atoms with E-state index in [1.807, 2.05) is 6.08 Å². The number of allylic oxidation sites excluding steroid dienone is 7. The van der Waals surface area contributed by atoms with E-state index in [4.69, 9.17) is 0 Å². The molecule has 0 bridgehead atoms. The number of unbranched alkanes of at least 4 members (excludes halogenated alkanes) is 21. The number of aliphatic hydroxyl groups excluding tert-OH is 3. The zero-order chi connectivity index (χ0) is 35.2. The number of amides is 1. The van der Waals surface area contributed by atoms with Crippen LogP contribution < -0.4 is 5.32 Å². The number of hydrogen-bond donors (Lipinski definition) is 4. The van der Waals surface area contributed by atoms with Crippen molar-refractivity contribution < 1.29 is 20.1 Å². The molecule has 5 nitrogen and oxygen atoms in total. The Hall–Kier alpha value is -1.69. The molecule has 0 aromatic carbocycles. The summed E-state index contributed by atoms with van der Waals surface area (Å²) in [5.41, 5.74) is 0. The van der Waals surface area contributed by atoms with Gasteiger partial charge in [-0.1, -0.05) is 165 Å². The number of carbonyl (C=O) groups excluding carboxylic acids is 1. The van der Waals surface area contributed by atoms with Crippen LogP contribution in [0, 0.1) is 0 Å². The maximum atomic E-state index is 12.4. The van der Waals surface area contributed by atoms with Crippen LogP contribution in [0.5, 0.6) is 0 Å². The first kappa shape index (κ1) is 46.3. The summed E-state index contributed by atoms with van der Waals surface area (Å²) in [6, 6.07) is -0.769. The van der Waals surface area contributed by atoms with Crippen molar-refractivity contribution in [3.63, 3.8) is 0 Å². The normalized spacial score (nSPS) is 14.2. The average molecular weight is 674 g/mol. The van der Waals surface area contributed by atoms with Crippen LogP contribution in [0.25, 0.3) is 0 Å². The molecular weight excluding hydrogens is 594 g/mol. The molecule has 0 aromatic heterocycles. The van der Waals surface area contributed by atoms with Gasteiger partial charge >= 0.3 is 0 Å². The van der Waals surface area contributed by atoms with E-state index >= 15 is 0 Å². The predicted molar refractivity (Wildman–Crippen MR) is 208 cm³/mol. The van der Waals surface area contributed by atoms with Crippen LogP contribution in [-0.2, 0) is 4.79 Å². The fourth-order valence-corrected chi connectivity index (χ4v) is 5.89. The summed E-state index contributed by atoms with van der Waals surface area (Å²) < 4.78 is 0. The van der Waals surface area contributed by atoms with Gasteiger partial charge in [-0.3, -0.25) is 4.79 Å². The Bertz CT molecular complexity index is 790. The second-order valence-corrected chi connectivity index (χ2v) is 13.9. The van der Waals surface area contributed by atoms with Crippen LogP contribution in [0.3, 0.4) is 0 Å². The van der Waals surface area contributed by atoms with Crippen LogP contribution in [0.2, 0.25) is 0 Å². The first-order valence-corrected chi connectivity index (χ1v) is 20.4. The van der Waals surface area contributed by atoms with Gasteiger partial charge in [-0.15, -0.1) is 0 Å². The second-order valence-electron chi connectivity index (χ2n) is 13.9. The van der Waals surface area contributed by atoms with E-state index in [1.165, 1.54) is 116 Å². The third-order valence-corrected chi connectivity index (χ3v) is 9.07. The average Bonchev–Trinajstić information content (AvgIpc) is 3.08. The summed E-state index contributed by atoms with van der Waals surface area (Å²) in [7, 11) is 0. The third kappa shape index (κ3) is 34.2. The van der Waals surface area contributed by atoms with E-state index in [2.05, 4.69) is 55.6 Å². The Balaban J connectivity index is 3.80. The molecule has 0 aromatic rings. The number of hydrogen-bond acceptors (Lipinski definition) is 4. The molecule has 0 fully saturated rings. The van der Waals surface area contributed by atoms with Crippen molar-refractivity contribution in [1.29, 1.82) is 0 Å². The first-order chi connectivity index (χ1) is 23.5. The lowest BCUT2D eigenvalue weighted by atomic mass is 10.0. The maximum absolute atomic E-state index is 12.4. The molecule has 5 heteroatoms. The molecule has 0 saturated carbocycles. The van der Waals surface area contributed by atoms with E-state index < -0.39 is 18.2 Å². The summed E-state index contributed by atoms with van der Waals surface area (Å²) in [6.07, 6.45) is 48.1. The van der Waals surface area contributed by atoms with Crippen molar-refractivity contribution in [2.45, 2.75) is 212 Å². The van der Waals surface area contributed by atoms with Gasteiger partial charge < -0.3 is 20.6 Å². The molecular formula is C43H79NO4. The van der Waals surface area contributed by atoms with Gasteiger partial charge in [0.2, 0.25) is 5.91 Å². The minimum absolute atomic E-state index is 0.00469. The molecule has 0 aliphatic rings. The number of carbonyl (C=O) groups is 1. The van der Waals surface area contributed by atoms with Gasteiger partial charge in [-0.05, 0) is 70.6 Å². The minimum Gasteiger partial charge on any atom is -0.394 e. The maximum Gasteiger partial charge on any atom is 0.222 e. The van der Waals surface area contributed by atoms with Crippen molar-refractivity contribution in [2.75, 3.05) is 6.61 Å². The number of aliphatic hydroxyl groups is 3. The molecule has 0 rings (SSSR count). The van der Waals surface area contributed by atoms with E-state index in [-0.39, 0.29) is 18.9 Å². The number of nitrogens with one attached hydrogen (secondary N) is 1. The Kier molecular flexibility index (Phi) is 36.8. The van der Waals surface area contributed by atoms with Crippen LogP contribution in [0.15, 0.2) is 48.6 Å². The molecule has 0 heterocycles. The van der Waals surface area contributed by atoms with Crippen LogP contribution >= 0.6 is 0 Å². The summed E-state index contributed by atoms with van der Waals surface area (Å²) in [5, 5.41) is 33.1. The Morgan fingerprint density at radius 2 is 0.896 bits per heavy atom. The molecule has 0 spiro atoms. The number of rotatable bonds is 36. The van der Waals surface area contributed by atoms with E-state index in [0.717, 1.165) is 51.4 Å². The Morgan fingerprint density at radius 1 is 0.521 bits per heavy atom. The van der Waals surface area contributed by atoms with E-state index in [0.29, 0.717) is 6.42 Å². The van der Waals surface area contributed by atoms with Crippen molar-refractivity contribution in [1.82, 2.24) is 5.32 Å². The molecule has 48 heavy (non-hydrogen) atoms. The predicted octanol–water partition coefficient (Wildman–Crippen LogP) is 11.4. The van der Waals surface area contributed by atoms with Crippen LogP contribution in [-0.4, -0.2) is 46.1 Å². The van der Waals surface area contributed by atoms with Gasteiger partial charge in [0.25, 0.3) is 0 Å². The SMILES string of the molecule is CCCCCC/C=C\CCCCCCCC(O)CC(=O)NC(CO)C(O)/C=C/CC/C=C/CC/C=C/CCCCCCCCCCCC. The smallest absolute Gasteiger partial charge is 0.222 e. The molecule has 0 aliphatic heterocycles. The lowest BCUT2D eigenvalue weighted by Crippen LogP contribution is -2.45. The molecule has 1 amide bonds. The second kappa shape index (κ2) is 38.1. The standard InChI is InChI=1S/C43H79NO4/c1-3-5-7-9-11-13-15-17-18-19-20-21-22-23-25-27-29-31-33-35-37-42(47)41(39-45)44-43(48)38-40(46)36-34-32-30-28-26-24-16-14-12-10-8-6-4-2/h14,16,21-22,27,29,35,37,40-42,45-47H,3-13,15,17-20,23-26,28,30-34,36,38-39H2,1-2H3,(H,44,48)/b16-14-,22-21+,29-27+,37-35+. The molecule has 0 radical (unpaired) electrons. The molecule has 0 aliphatic carbocycles. The van der Waals surface area contributed by atoms with E-state index in [9.17, 15) is 20.1 Å². The highest BCUT2D eigenvalue weighted by molar-refractivity contribution is 5.76. The van der Waals surface area contributed by atoms with Gasteiger partial charge in [-0.25, -0.2) is 0 Å². The highest BCUT2D eigenvalue weighted by atomic mass is 16.3. The van der Waals surface area contributed by atoms with Crippen LogP contribution in [0.4, 0.5) is 0 Å². The van der Waals surface area contributed by atoms with Crippen molar-refractivity contribution >= 4 is 5.91 Å². The molecule has 0 saturated heterocycles. The highest BCUT2D eigenvalue weighted by Crippen LogP contribution is 2.13. The fraction of sp³-hybridized carbons (Fsp3) is 0.791. The molecule has 3 atom stereocenters. The Morgan fingerprint density at radius 3 is 1.35 bits per heavy atom. The summed E-state index contributed by atoms with van der Waals surface area (Å²) in [6.45, 7) is 4.16. The largest absolute Gasteiger partial charge is 0.394 e. The van der Waals surface area contributed by atoms with Gasteiger partial charge in [0.1, 0.15) is 0 Å². The summed E-state index contributed by atoms with van der Waals surface area (Å²) in [4.78, 5) is 12.4. The topological polar surface area (TPSA) is 89.8 Å². The first-order valence-electron chi connectivity index (χ1n) is 20.4. The third-order valence-electron chi connectivity index (χ3n) is 9.07. The van der Waals surface area contributed by atoms with E-state index in [1.54, 1.807) is 6.08 Å². The van der Waals surface area contributed by atoms with Crippen LogP contribution in [0.1, 0.15) is 194 Å². The fourth-order valence-electron chi connectivity index (χ4n) is 5.89. The zero-order valence-electron chi connectivity index (χ0n) is 31.6. The monoisotopic (exact) mass is 674 g/mol. The minimum atomic E-state index is -0.961. The van der Waals surface area contributed by atoms with Crippen molar-refractivity contribution in [2.24, 2.45) is 0 Å². The van der Waals surface area contributed by atoms with Gasteiger partial charge in [0, 0.05) is 0 Å².